The molecule has 1 saturated carbocycles. The maximum absolute atomic E-state index is 12.5. The van der Waals surface area contributed by atoms with E-state index in [-0.39, 0.29) is 23.2 Å². The van der Waals surface area contributed by atoms with Gasteiger partial charge in [0.15, 0.2) is 0 Å². The molecule has 0 aliphatic heterocycles. The Balaban J connectivity index is 1.99. The van der Waals surface area contributed by atoms with Crippen LogP contribution in [0.1, 0.15) is 44.2 Å². The summed E-state index contributed by atoms with van der Waals surface area (Å²) >= 11 is 0. The molecule has 1 aromatic heterocycles. The van der Waals surface area contributed by atoms with Gasteiger partial charge in [0.05, 0.1) is 11.9 Å². The van der Waals surface area contributed by atoms with E-state index in [9.17, 15) is 13.6 Å². The van der Waals surface area contributed by atoms with Gasteiger partial charge in [-0.15, -0.1) is 0 Å². The van der Waals surface area contributed by atoms with Crippen molar-refractivity contribution >= 4 is 11.6 Å². The van der Waals surface area contributed by atoms with Crippen LogP contribution in [0.25, 0.3) is 0 Å². The van der Waals surface area contributed by atoms with E-state index in [1.165, 1.54) is 6.20 Å². The van der Waals surface area contributed by atoms with Gasteiger partial charge in [-0.05, 0) is 12.8 Å². The fraction of sp³-hybridized carbons (Fsp3) is 0.636. The lowest BCUT2D eigenvalue weighted by Crippen LogP contribution is -2.25. The van der Waals surface area contributed by atoms with Crippen LogP contribution in [0.4, 0.5) is 14.5 Å². The molecule has 1 fully saturated rings. The van der Waals surface area contributed by atoms with Crippen molar-refractivity contribution in [1.29, 1.82) is 0 Å². The van der Waals surface area contributed by atoms with Gasteiger partial charge in [0, 0.05) is 5.92 Å². The average Bonchev–Trinajstić information content (AvgIpc) is 2.78. The summed E-state index contributed by atoms with van der Waals surface area (Å²) in [5.41, 5.74) is -0.232. The number of rotatable bonds is 3. The maximum atomic E-state index is 12.5. The molecule has 4 nitrogen and oxygen atoms in total. The quantitative estimate of drug-likeness (QED) is 0.857. The van der Waals surface area contributed by atoms with Crippen LogP contribution >= 0.6 is 0 Å². The minimum atomic E-state index is -2.65. The largest absolute Gasteiger partial charge is 0.323 e. The van der Waals surface area contributed by atoms with Gasteiger partial charge in [0.2, 0.25) is 5.91 Å². The smallest absolute Gasteiger partial charge is 0.281 e. The lowest BCUT2D eigenvalue weighted by Gasteiger charge is -2.20. The number of nitrogens with zero attached hydrogens (tertiary/aromatic N) is 1. The van der Waals surface area contributed by atoms with Crippen LogP contribution in [0.5, 0.6) is 0 Å². The topological polar surface area (TPSA) is 57.8 Å². The number of alkyl halides is 2. The van der Waals surface area contributed by atoms with E-state index in [1.807, 2.05) is 0 Å². The zero-order chi connectivity index (χ0) is 12.3. The summed E-state index contributed by atoms with van der Waals surface area (Å²) in [5, 5.41) is 8.25. The molecule has 17 heavy (non-hydrogen) atoms. The highest BCUT2D eigenvalue weighted by atomic mass is 19.3. The molecule has 0 aromatic carbocycles. The number of carbonyl (C=O) groups is 1. The zero-order valence-electron chi connectivity index (χ0n) is 9.38. The minimum absolute atomic E-state index is 0.0517. The first kappa shape index (κ1) is 12.0. The fourth-order valence-corrected chi connectivity index (χ4v) is 2.16. The van der Waals surface area contributed by atoms with E-state index in [0.717, 1.165) is 32.1 Å². The average molecular weight is 243 g/mol. The number of aromatic amines is 1. The fourth-order valence-electron chi connectivity index (χ4n) is 2.16. The van der Waals surface area contributed by atoms with Crippen LogP contribution in [0.15, 0.2) is 6.20 Å². The second-order valence-corrected chi connectivity index (χ2v) is 4.32. The first-order valence-corrected chi connectivity index (χ1v) is 5.80. The number of amides is 1. The molecule has 1 amide bonds. The highest BCUT2D eigenvalue weighted by Crippen LogP contribution is 2.27. The van der Waals surface area contributed by atoms with Crippen LogP contribution in [0.2, 0.25) is 0 Å². The molecule has 2 N–H and O–H groups in total. The van der Waals surface area contributed by atoms with Crippen molar-refractivity contribution in [1.82, 2.24) is 10.2 Å². The van der Waals surface area contributed by atoms with E-state index >= 15 is 0 Å². The summed E-state index contributed by atoms with van der Waals surface area (Å²) in [4.78, 5) is 11.8. The van der Waals surface area contributed by atoms with Gasteiger partial charge in [0.25, 0.3) is 6.43 Å². The lowest BCUT2D eigenvalue weighted by atomic mass is 9.88. The van der Waals surface area contributed by atoms with Crippen LogP contribution in [-0.4, -0.2) is 16.1 Å². The molecular weight excluding hydrogens is 228 g/mol. The van der Waals surface area contributed by atoms with E-state index in [4.69, 9.17) is 0 Å². The Morgan fingerprint density at radius 2 is 2.12 bits per heavy atom. The number of anilines is 1. The van der Waals surface area contributed by atoms with Crippen molar-refractivity contribution in [2.24, 2.45) is 5.92 Å². The number of carbonyl (C=O) groups excluding carboxylic acids is 1. The first-order chi connectivity index (χ1) is 8.18. The zero-order valence-corrected chi connectivity index (χ0v) is 9.38. The van der Waals surface area contributed by atoms with E-state index in [2.05, 4.69) is 15.5 Å². The van der Waals surface area contributed by atoms with Gasteiger partial charge in [0.1, 0.15) is 5.69 Å². The molecule has 2 rings (SSSR count). The summed E-state index contributed by atoms with van der Waals surface area (Å²) < 4.78 is 25.1. The number of H-pyrrole nitrogens is 1. The SMILES string of the molecule is O=C(Nc1cn[nH]c1C(F)F)C1CCCCC1. The second-order valence-electron chi connectivity index (χ2n) is 4.32. The third-order valence-corrected chi connectivity index (χ3v) is 3.12. The van der Waals surface area contributed by atoms with Gasteiger partial charge >= 0.3 is 0 Å². The van der Waals surface area contributed by atoms with Crippen molar-refractivity contribution in [2.45, 2.75) is 38.5 Å². The Labute approximate surface area is 97.8 Å². The molecule has 1 aliphatic carbocycles. The minimum Gasteiger partial charge on any atom is -0.323 e. The molecule has 0 radical (unpaired) electrons. The van der Waals surface area contributed by atoms with Gasteiger partial charge in [-0.25, -0.2) is 8.78 Å². The molecule has 0 spiro atoms. The molecule has 1 aromatic rings. The van der Waals surface area contributed by atoms with E-state index < -0.39 is 6.43 Å². The van der Waals surface area contributed by atoms with Gasteiger partial charge in [-0.1, -0.05) is 19.3 Å². The molecule has 0 atom stereocenters. The van der Waals surface area contributed by atoms with Crippen molar-refractivity contribution in [3.8, 4) is 0 Å². The number of halogens is 2. The number of hydrogen-bond donors (Lipinski definition) is 2. The highest BCUT2D eigenvalue weighted by molar-refractivity contribution is 5.93. The second kappa shape index (κ2) is 5.25. The molecule has 6 heteroatoms. The normalized spacial score (nSPS) is 17.4. The lowest BCUT2D eigenvalue weighted by molar-refractivity contribution is -0.120. The van der Waals surface area contributed by atoms with Gasteiger partial charge in [-0.3, -0.25) is 9.89 Å². The molecule has 1 aliphatic rings. The Bertz CT molecular complexity index is 386. The number of aromatic nitrogens is 2. The molecule has 0 saturated heterocycles. The van der Waals surface area contributed by atoms with Gasteiger partial charge in [-0.2, -0.15) is 5.10 Å². The summed E-state index contributed by atoms with van der Waals surface area (Å²) in [5.74, 6) is -0.225. The van der Waals surface area contributed by atoms with Crippen molar-refractivity contribution in [2.75, 3.05) is 5.32 Å². The van der Waals surface area contributed by atoms with E-state index in [0.29, 0.717) is 0 Å². The standard InChI is InChI=1S/C11H15F2N3O/c12-10(13)9-8(6-14-16-9)15-11(17)7-4-2-1-3-5-7/h6-7,10H,1-5H2,(H,14,16)(H,15,17). The Hall–Kier alpha value is -1.46. The van der Waals surface area contributed by atoms with Crippen LogP contribution in [-0.2, 0) is 4.79 Å². The highest BCUT2D eigenvalue weighted by Gasteiger charge is 2.23. The van der Waals surface area contributed by atoms with E-state index in [1.54, 1.807) is 0 Å². The van der Waals surface area contributed by atoms with Crippen LogP contribution in [0, 0.1) is 5.92 Å². The Morgan fingerprint density at radius 1 is 1.41 bits per heavy atom. The predicted molar refractivity (Wildman–Crippen MR) is 58.7 cm³/mol. The van der Waals surface area contributed by atoms with Crippen molar-refractivity contribution in [3.05, 3.63) is 11.9 Å². The molecule has 1 heterocycles. The molecule has 0 bridgehead atoms. The Morgan fingerprint density at radius 3 is 2.76 bits per heavy atom. The number of hydrogen-bond acceptors (Lipinski definition) is 2. The van der Waals surface area contributed by atoms with Crippen molar-refractivity contribution < 1.29 is 13.6 Å². The monoisotopic (exact) mass is 243 g/mol. The van der Waals surface area contributed by atoms with Crippen LogP contribution < -0.4 is 5.32 Å². The predicted octanol–water partition coefficient (Wildman–Crippen LogP) is 2.87. The summed E-state index contributed by atoms with van der Waals surface area (Å²) in [6.07, 6.45) is 3.47. The molecule has 0 unspecified atom stereocenters. The maximum Gasteiger partial charge on any atom is 0.281 e. The third kappa shape index (κ3) is 2.81. The number of nitrogens with one attached hydrogen (secondary N) is 2. The third-order valence-electron chi connectivity index (χ3n) is 3.12. The first-order valence-electron chi connectivity index (χ1n) is 5.80. The van der Waals surface area contributed by atoms with Crippen LogP contribution in [0.3, 0.4) is 0 Å². The van der Waals surface area contributed by atoms with Crippen molar-refractivity contribution in [3.63, 3.8) is 0 Å². The molecule has 94 valence electrons. The Kier molecular flexibility index (Phi) is 3.71. The van der Waals surface area contributed by atoms with Gasteiger partial charge < -0.3 is 5.32 Å². The summed E-state index contributed by atoms with van der Waals surface area (Å²) in [6.45, 7) is 0. The summed E-state index contributed by atoms with van der Waals surface area (Å²) in [7, 11) is 0. The molecular formula is C11H15F2N3O. The summed E-state index contributed by atoms with van der Waals surface area (Å²) in [6, 6.07) is 0.